The number of benzene rings is 1. The second-order valence-corrected chi connectivity index (χ2v) is 5.35. The van der Waals surface area contributed by atoms with Crippen LogP contribution in [-0.4, -0.2) is 11.5 Å². The van der Waals surface area contributed by atoms with Gasteiger partial charge in [-0.1, -0.05) is 18.5 Å². The SMILES string of the molecule is CCCNc1c2c(nc3c(Cl)ccc(F)c13)CCC2. The second-order valence-electron chi connectivity index (χ2n) is 4.95. The zero-order chi connectivity index (χ0) is 13.4. The van der Waals surface area contributed by atoms with E-state index in [9.17, 15) is 4.39 Å². The van der Waals surface area contributed by atoms with Crippen molar-refractivity contribution in [3.05, 3.63) is 34.2 Å². The van der Waals surface area contributed by atoms with Gasteiger partial charge in [0.15, 0.2) is 0 Å². The molecular formula is C15H16ClFN2. The lowest BCUT2D eigenvalue weighted by molar-refractivity contribution is 0.639. The highest BCUT2D eigenvalue weighted by Crippen LogP contribution is 2.37. The van der Waals surface area contributed by atoms with Gasteiger partial charge in [-0.2, -0.15) is 0 Å². The summed E-state index contributed by atoms with van der Waals surface area (Å²) >= 11 is 6.18. The van der Waals surface area contributed by atoms with Crippen molar-refractivity contribution in [2.75, 3.05) is 11.9 Å². The molecule has 1 aliphatic rings. The third-order valence-electron chi connectivity index (χ3n) is 3.62. The van der Waals surface area contributed by atoms with Crippen LogP contribution in [0, 0.1) is 5.82 Å². The molecule has 0 saturated heterocycles. The normalized spacial score (nSPS) is 13.8. The number of nitrogens with zero attached hydrogens (tertiary/aromatic N) is 1. The first-order chi connectivity index (χ1) is 9.22. The molecule has 0 saturated carbocycles. The van der Waals surface area contributed by atoms with E-state index < -0.39 is 0 Å². The standard InChI is InChI=1S/C15H16ClFN2/c1-2-8-18-14-9-4-3-5-12(9)19-15-10(16)6-7-11(17)13(14)15/h6-7H,2-5,8H2,1H3,(H,18,19). The number of rotatable bonds is 3. The van der Waals surface area contributed by atoms with Gasteiger partial charge in [-0.3, -0.25) is 4.98 Å². The molecule has 1 aromatic heterocycles. The molecule has 19 heavy (non-hydrogen) atoms. The molecule has 0 aliphatic heterocycles. The van der Waals surface area contributed by atoms with Crippen molar-refractivity contribution in [2.45, 2.75) is 32.6 Å². The van der Waals surface area contributed by atoms with Gasteiger partial charge in [-0.15, -0.1) is 0 Å². The average molecular weight is 279 g/mol. The number of aryl methyl sites for hydroxylation is 1. The molecule has 2 nitrogen and oxygen atoms in total. The van der Waals surface area contributed by atoms with Crippen molar-refractivity contribution in [2.24, 2.45) is 0 Å². The molecule has 0 spiro atoms. The van der Waals surface area contributed by atoms with Crippen LogP contribution in [0.15, 0.2) is 12.1 Å². The Morgan fingerprint density at radius 2 is 2.21 bits per heavy atom. The van der Waals surface area contributed by atoms with Crippen LogP contribution in [0.3, 0.4) is 0 Å². The molecule has 0 atom stereocenters. The zero-order valence-corrected chi connectivity index (χ0v) is 11.6. The molecule has 100 valence electrons. The van der Waals surface area contributed by atoms with E-state index in [-0.39, 0.29) is 5.82 Å². The van der Waals surface area contributed by atoms with E-state index in [1.807, 2.05) is 0 Å². The first-order valence-electron chi connectivity index (χ1n) is 6.75. The van der Waals surface area contributed by atoms with E-state index in [0.717, 1.165) is 43.6 Å². The van der Waals surface area contributed by atoms with Gasteiger partial charge in [0.2, 0.25) is 0 Å². The van der Waals surface area contributed by atoms with E-state index in [0.29, 0.717) is 15.9 Å². The van der Waals surface area contributed by atoms with E-state index >= 15 is 0 Å². The summed E-state index contributed by atoms with van der Waals surface area (Å²) in [7, 11) is 0. The minimum Gasteiger partial charge on any atom is -0.384 e. The highest BCUT2D eigenvalue weighted by Gasteiger charge is 2.22. The molecule has 0 fully saturated rings. The van der Waals surface area contributed by atoms with Crippen LogP contribution in [0.5, 0.6) is 0 Å². The highest BCUT2D eigenvalue weighted by molar-refractivity contribution is 6.35. The van der Waals surface area contributed by atoms with E-state index in [1.165, 1.54) is 11.6 Å². The van der Waals surface area contributed by atoms with Crippen LogP contribution < -0.4 is 5.32 Å². The number of nitrogens with one attached hydrogen (secondary N) is 1. The Morgan fingerprint density at radius 3 is 3.00 bits per heavy atom. The van der Waals surface area contributed by atoms with Crippen LogP contribution in [0.25, 0.3) is 10.9 Å². The molecule has 3 rings (SSSR count). The number of pyridine rings is 1. The lowest BCUT2D eigenvalue weighted by Gasteiger charge is -2.15. The zero-order valence-electron chi connectivity index (χ0n) is 10.9. The van der Waals surface area contributed by atoms with Crippen LogP contribution in [0.1, 0.15) is 31.0 Å². The first-order valence-corrected chi connectivity index (χ1v) is 7.13. The van der Waals surface area contributed by atoms with Gasteiger partial charge in [0, 0.05) is 12.2 Å². The summed E-state index contributed by atoms with van der Waals surface area (Å²) in [6, 6.07) is 3.00. The van der Waals surface area contributed by atoms with Crippen molar-refractivity contribution >= 4 is 28.2 Å². The summed E-state index contributed by atoms with van der Waals surface area (Å²) in [6.07, 6.45) is 4.01. The van der Waals surface area contributed by atoms with E-state index in [1.54, 1.807) is 6.07 Å². The van der Waals surface area contributed by atoms with Gasteiger partial charge in [-0.25, -0.2) is 4.39 Å². The van der Waals surface area contributed by atoms with Crippen LogP contribution in [0.4, 0.5) is 10.1 Å². The Kier molecular flexibility index (Phi) is 3.31. The molecule has 1 aliphatic carbocycles. The van der Waals surface area contributed by atoms with Gasteiger partial charge in [-0.05, 0) is 43.4 Å². The molecule has 4 heteroatoms. The monoisotopic (exact) mass is 278 g/mol. The van der Waals surface area contributed by atoms with E-state index in [2.05, 4.69) is 17.2 Å². The van der Waals surface area contributed by atoms with Gasteiger partial charge < -0.3 is 5.32 Å². The van der Waals surface area contributed by atoms with Crippen molar-refractivity contribution < 1.29 is 4.39 Å². The summed E-state index contributed by atoms with van der Waals surface area (Å²) in [5.41, 5.74) is 3.72. The minimum atomic E-state index is -0.250. The van der Waals surface area contributed by atoms with Crippen LogP contribution in [0.2, 0.25) is 5.02 Å². The smallest absolute Gasteiger partial charge is 0.134 e. The fourth-order valence-electron chi connectivity index (χ4n) is 2.74. The fourth-order valence-corrected chi connectivity index (χ4v) is 2.94. The fraction of sp³-hybridized carbons (Fsp3) is 0.400. The largest absolute Gasteiger partial charge is 0.384 e. The third-order valence-corrected chi connectivity index (χ3v) is 3.92. The topological polar surface area (TPSA) is 24.9 Å². The van der Waals surface area contributed by atoms with Crippen molar-refractivity contribution in [1.29, 1.82) is 0 Å². The predicted octanol–water partition coefficient (Wildman–Crippen LogP) is 4.34. The summed E-state index contributed by atoms with van der Waals surface area (Å²) in [5.74, 6) is -0.250. The first kappa shape index (κ1) is 12.7. The van der Waals surface area contributed by atoms with Crippen molar-refractivity contribution in [3.63, 3.8) is 0 Å². The second kappa shape index (κ2) is 4.97. The highest BCUT2D eigenvalue weighted by atomic mass is 35.5. The third kappa shape index (κ3) is 2.06. The Bertz CT molecular complexity index is 640. The Morgan fingerprint density at radius 1 is 1.37 bits per heavy atom. The molecule has 1 aromatic carbocycles. The predicted molar refractivity (Wildman–Crippen MR) is 77.5 cm³/mol. The molecule has 1 N–H and O–H groups in total. The Labute approximate surface area is 117 Å². The number of aromatic nitrogens is 1. The van der Waals surface area contributed by atoms with Crippen LogP contribution >= 0.6 is 11.6 Å². The maximum absolute atomic E-state index is 14.2. The molecule has 0 bridgehead atoms. The number of halogens is 2. The summed E-state index contributed by atoms with van der Waals surface area (Å²) in [6.45, 7) is 2.93. The van der Waals surface area contributed by atoms with Gasteiger partial charge in [0.05, 0.1) is 21.6 Å². The lowest BCUT2D eigenvalue weighted by Crippen LogP contribution is -2.06. The van der Waals surface area contributed by atoms with Gasteiger partial charge in [0.25, 0.3) is 0 Å². The van der Waals surface area contributed by atoms with Crippen molar-refractivity contribution in [1.82, 2.24) is 4.98 Å². The molecule has 0 unspecified atom stereocenters. The van der Waals surface area contributed by atoms with Gasteiger partial charge >= 0.3 is 0 Å². The van der Waals surface area contributed by atoms with Gasteiger partial charge in [0.1, 0.15) is 5.82 Å². The quantitative estimate of drug-likeness (QED) is 0.903. The van der Waals surface area contributed by atoms with Crippen LogP contribution in [-0.2, 0) is 12.8 Å². The summed E-state index contributed by atoms with van der Waals surface area (Å²) < 4.78 is 14.2. The molecule has 1 heterocycles. The van der Waals surface area contributed by atoms with E-state index in [4.69, 9.17) is 11.6 Å². The Hall–Kier alpha value is -1.35. The molecule has 0 radical (unpaired) electrons. The summed E-state index contributed by atoms with van der Waals surface area (Å²) in [4.78, 5) is 4.57. The molecular weight excluding hydrogens is 263 g/mol. The average Bonchev–Trinajstić information content (AvgIpc) is 2.87. The van der Waals surface area contributed by atoms with Crippen molar-refractivity contribution in [3.8, 4) is 0 Å². The molecule has 0 amide bonds. The lowest BCUT2D eigenvalue weighted by atomic mass is 10.1. The maximum atomic E-state index is 14.2. The number of hydrogen-bond donors (Lipinski definition) is 1. The Balaban J connectivity index is 2.31. The summed E-state index contributed by atoms with van der Waals surface area (Å²) in [5, 5.41) is 4.43. The minimum absolute atomic E-state index is 0.250. The maximum Gasteiger partial charge on any atom is 0.134 e. The number of anilines is 1. The molecule has 2 aromatic rings. The number of hydrogen-bond acceptors (Lipinski definition) is 2. The number of fused-ring (bicyclic) bond motifs is 2.